The number of esters is 1. The van der Waals surface area contributed by atoms with E-state index in [0.717, 1.165) is 12.5 Å². The lowest BCUT2D eigenvalue weighted by Crippen LogP contribution is -2.12. The van der Waals surface area contributed by atoms with Gasteiger partial charge in [0.2, 0.25) is 0 Å². The number of aryl methyl sites for hydroxylation is 1. The number of rotatable bonds is 6. The Morgan fingerprint density at radius 1 is 1.43 bits per heavy atom. The van der Waals surface area contributed by atoms with E-state index in [0.29, 0.717) is 18.1 Å². The molecule has 0 aliphatic heterocycles. The van der Waals surface area contributed by atoms with Gasteiger partial charge in [-0.2, -0.15) is 0 Å². The maximum Gasteiger partial charge on any atom is 0.341 e. The Hall–Kier alpha value is -2.51. The maximum atomic E-state index is 13.7. The molecule has 0 bridgehead atoms. The lowest BCUT2D eigenvalue weighted by Gasteiger charge is -2.07. The highest BCUT2D eigenvalue weighted by Gasteiger charge is 2.16. The van der Waals surface area contributed by atoms with Crippen LogP contribution in [0.25, 0.3) is 0 Å². The first-order valence-electron chi connectivity index (χ1n) is 6.41. The van der Waals surface area contributed by atoms with Crippen LogP contribution in [0.15, 0.2) is 18.2 Å². The van der Waals surface area contributed by atoms with Crippen LogP contribution < -0.4 is 4.74 Å². The summed E-state index contributed by atoms with van der Waals surface area (Å²) in [5.74, 6) is -0.733. The quantitative estimate of drug-likeness (QED) is 0.753. The van der Waals surface area contributed by atoms with Gasteiger partial charge in [0, 0.05) is 12.6 Å². The number of tetrazole rings is 1. The van der Waals surface area contributed by atoms with Crippen LogP contribution in [0.4, 0.5) is 4.39 Å². The van der Waals surface area contributed by atoms with Crippen LogP contribution in [0.1, 0.15) is 29.5 Å². The summed E-state index contributed by atoms with van der Waals surface area (Å²) in [7, 11) is 1.42. The Balaban J connectivity index is 2.03. The number of methoxy groups -OCH3 is 1. The molecule has 21 heavy (non-hydrogen) atoms. The van der Waals surface area contributed by atoms with Gasteiger partial charge < -0.3 is 9.47 Å². The minimum Gasteiger partial charge on any atom is -0.497 e. The number of hydrogen-bond donors (Lipinski definition) is 0. The molecule has 7 nitrogen and oxygen atoms in total. The molecule has 112 valence electrons. The average Bonchev–Trinajstić information content (AvgIpc) is 2.92. The van der Waals surface area contributed by atoms with E-state index in [4.69, 9.17) is 9.47 Å². The van der Waals surface area contributed by atoms with Crippen LogP contribution in [0.2, 0.25) is 0 Å². The molecule has 0 amide bonds. The molecular weight excluding hydrogens is 279 g/mol. The molecule has 0 saturated carbocycles. The first-order valence-corrected chi connectivity index (χ1v) is 6.41. The molecule has 0 unspecified atom stereocenters. The Morgan fingerprint density at radius 3 is 2.90 bits per heavy atom. The number of aromatic nitrogens is 4. The van der Waals surface area contributed by atoms with E-state index in [1.165, 1.54) is 23.9 Å². The summed E-state index contributed by atoms with van der Waals surface area (Å²) in [5, 5.41) is 11.0. The molecule has 1 heterocycles. The summed E-state index contributed by atoms with van der Waals surface area (Å²) in [4.78, 5) is 11.8. The number of hydrogen-bond acceptors (Lipinski definition) is 6. The van der Waals surface area contributed by atoms with Gasteiger partial charge in [0.15, 0.2) is 12.4 Å². The summed E-state index contributed by atoms with van der Waals surface area (Å²) in [6, 6.07) is 3.92. The van der Waals surface area contributed by atoms with Crippen molar-refractivity contribution < 1.29 is 18.7 Å². The lowest BCUT2D eigenvalue weighted by atomic mass is 10.2. The molecule has 0 atom stereocenters. The highest BCUT2D eigenvalue weighted by atomic mass is 19.1. The van der Waals surface area contributed by atoms with Gasteiger partial charge >= 0.3 is 5.97 Å². The van der Waals surface area contributed by atoms with E-state index >= 15 is 0 Å². The molecule has 0 N–H and O–H groups in total. The van der Waals surface area contributed by atoms with E-state index in [1.807, 2.05) is 6.92 Å². The fourth-order valence-electron chi connectivity index (χ4n) is 1.71. The number of carbonyl (C=O) groups is 1. The van der Waals surface area contributed by atoms with Gasteiger partial charge in [-0.25, -0.2) is 13.9 Å². The fraction of sp³-hybridized carbons (Fsp3) is 0.385. The second-order valence-electron chi connectivity index (χ2n) is 4.24. The van der Waals surface area contributed by atoms with Gasteiger partial charge in [0.1, 0.15) is 11.6 Å². The molecular formula is C13H15FN4O3. The van der Waals surface area contributed by atoms with Gasteiger partial charge in [-0.15, -0.1) is 5.10 Å². The van der Waals surface area contributed by atoms with Gasteiger partial charge in [-0.05, 0) is 29.0 Å². The summed E-state index contributed by atoms with van der Waals surface area (Å²) in [5.41, 5.74) is -0.162. The van der Waals surface area contributed by atoms with Crippen molar-refractivity contribution in [1.29, 1.82) is 0 Å². The topological polar surface area (TPSA) is 79.1 Å². The van der Waals surface area contributed by atoms with Crippen molar-refractivity contribution in [2.24, 2.45) is 0 Å². The third-order valence-electron chi connectivity index (χ3n) is 2.77. The van der Waals surface area contributed by atoms with Crippen molar-refractivity contribution in [1.82, 2.24) is 20.2 Å². The van der Waals surface area contributed by atoms with Crippen LogP contribution in [0.3, 0.4) is 0 Å². The third kappa shape index (κ3) is 3.53. The monoisotopic (exact) mass is 294 g/mol. The zero-order valence-electron chi connectivity index (χ0n) is 11.7. The van der Waals surface area contributed by atoms with Crippen molar-refractivity contribution in [3.05, 3.63) is 35.4 Å². The second kappa shape index (κ2) is 6.78. The Bertz CT molecular complexity index is 630. The van der Waals surface area contributed by atoms with Gasteiger partial charge in [0.25, 0.3) is 0 Å². The Morgan fingerprint density at radius 2 is 2.24 bits per heavy atom. The van der Waals surface area contributed by atoms with Crippen LogP contribution in [0, 0.1) is 5.82 Å². The molecule has 0 fully saturated rings. The molecule has 0 saturated heterocycles. The maximum absolute atomic E-state index is 13.7. The van der Waals surface area contributed by atoms with Crippen molar-refractivity contribution in [2.45, 2.75) is 26.5 Å². The fourth-order valence-corrected chi connectivity index (χ4v) is 1.71. The first-order chi connectivity index (χ1) is 10.2. The van der Waals surface area contributed by atoms with E-state index in [9.17, 15) is 9.18 Å². The highest BCUT2D eigenvalue weighted by molar-refractivity contribution is 5.89. The predicted molar refractivity (Wildman–Crippen MR) is 70.2 cm³/mol. The smallest absolute Gasteiger partial charge is 0.341 e. The van der Waals surface area contributed by atoms with Crippen molar-refractivity contribution >= 4 is 5.97 Å². The molecule has 2 rings (SSSR count). The standard InChI is InChI=1S/C13H15FN4O3/c1-3-6-18-12(15-16-17-18)8-21-13(19)10-5-4-9(20-2)7-11(10)14/h4-5,7H,3,6,8H2,1-2H3. The van der Waals surface area contributed by atoms with Crippen LogP contribution in [-0.2, 0) is 17.9 Å². The van der Waals surface area contributed by atoms with Gasteiger partial charge in [0.05, 0.1) is 12.7 Å². The molecule has 8 heteroatoms. The van der Waals surface area contributed by atoms with Crippen molar-refractivity contribution in [3.63, 3.8) is 0 Å². The van der Waals surface area contributed by atoms with Crippen LogP contribution in [0.5, 0.6) is 5.75 Å². The number of nitrogens with zero attached hydrogens (tertiary/aromatic N) is 4. The van der Waals surface area contributed by atoms with Gasteiger partial charge in [-0.3, -0.25) is 0 Å². The summed E-state index contributed by atoms with van der Waals surface area (Å²) < 4.78 is 25.2. The van der Waals surface area contributed by atoms with Gasteiger partial charge in [-0.1, -0.05) is 6.92 Å². The number of carbonyl (C=O) groups excluding carboxylic acids is 1. The Kier molecular flexibility index (Phi) is 4.81. The molecule has 0 aliphatic carbocycles. The summed E-state index contributed by atoms with van der Waals surface area (Å²) >= 11 is 0. The molecule has 0 radical (unpaired) electrons. The summed E-state index contributed by atoms with van der Waals surface area (Å²) in [6.45, 7) is 2.48. The zero-order valence-corrected chi connectivity index (χ0v) is 11.7. The van der Waals surface area contributed by atoms with Crippen LogP contribution >= 0.6 is 0 Å². The Labute approximate surface area is 120 Å². The molecule has 0 aliphatic rings. The molecule has 1 aromatic heterocycles. The lowest BCUT2D eigenvalue weighted by molar-refractivity contribution is 0.0451. The zero-order chi connectivity index (χ0) is 15.2. The van der Waals surface area contributed by atoms with E-state index in [1.54, 1.807) is 0 Å². The summed E-state index contributed by atoms with van der Waals surface area (Å²) in [6.07, 6.45) is 0.846. The van der Waals surface area contributed by atoms with Crippen molar-refractivity contribution in [3.8, 4) is 5.75 Å². The van der Waals surface area contributed by atoms with Crippen LogP contribution in [-0.4, -0.2) is 33.3 Å². The predicted octanol–water partition coefficient (Wildman–Crippen LogP) is 1.59. The molecule has 2 aromatic rings. The normalized spacial score (nSPS) is 10.4. The third-order valence-corrected chi connectivity index (χ3v) is 2.77. The number of ether oxygens (including phenoxy) is 2. The first kappa shape index (κ1) is 14.9. The minimum atomic E-state index is -0.777. The molecule has 1 aromatic carbocycles. The largest absolute Gasteiger partial charge is 0.497 e. The highest BCUT2D eigenvalue weighted by Crippen LogP contribution is 2.17. The number of benzene rings is 1. The van der Waals surface area contributed by atoms with Crippen molar-refractivity contribution in [2.75, 3.05) is 7.11 Å². The molecule has 0 spiro atoms. The average molecular weight is 294 g/mol. The number of halogens is 1. The minimum absolute atomic E-state index is 0.114. The van der Waals surface area contributed by atoms with E-state index in [2.05, 4.69) is 15.5 Å². The SMILES string of the molecule is CCCn1nnnc1COC(=O)c1ccc(OC)cc1F. The van der Waals surface area contributed by atoms with E-state index in [-0.39, 0.29) is 12.2 Å². The van der Waals surface area contributed by atoms with E-state index < -0.39 is 11.8 Å². The second-order valence-corrected chi connectivity index (χ2v) is 4.24.